The van der Waals surface area contributed by atoms with Crippen molar-refractivity contribution in [2.75, 3.05) is 0 Å². The van der Waals surface area contributed by atoms with Crippen LogP contribution < -0.4 is 5.32 Å². The molecule has 102 valence electrons. The summed E-state index contributed by atoms with van der Waals surface area (Å²) in [6.45, 7) is 1.94. The molecule has 0 aliphatic heterocycles. The molecule has 1 heterocycles. The first-order valence-electron chi connectivity index (χ1n) is 7.39. The Hall–Kier alpha value is -1.45. The lowest BCUT2D eigenvalue weighted by molar-refractivity contribution is 0.0922. The molecule has 0 aromatic carbocycles. The normalized spacial score (nSPS) is 20.3. The average Bonchev–Trinajstić information content (AvgIpc) is 3.23. The zero-order valence-corrected chi connectivity index (χ0v) is 11.5. The second kappa shape index (κ2) is 5.27. The van der Waals surface area contributed by atoms with Crippen LogP contribution in [-0.4, -0.2) is 21.9 Å². The molecule has 1 N–H and O–H groups in total. The Morgan fingerprint density at radius 2 is 1.89 bits per heavy atom. The van der Waals surface area contributed by atoms with Crippen LogP contribution in [-0.2, 0) is 0 Å². The molecule has 0 atom stereocenters. The number of hydrogen-bond donors (Lipinski definition) is 1. The molecule has 0 spiro atoms. The molecule has 4 nitrogen and oxygen atoms in total. The van der Waals surface area contributed by atoms with Gasteiger partial charge in [0.25, 0.3) is 5.91 Å². The van der Waals surface area contributed by atoms with E-state index in [4.69, 9.17) is 0 Å². The maximum absolute atomic E-state index is 12.3. The summed E-state index contributed by atoms with van der Waals surface area (Å²) in [4.78, 5) is 21.1. The molecule has 2 aliphatic carbocycles. The lowest BCUT2D eigenvalue weighted by Gasteiger charge is -2.22. The van der Waals surface area contributed by atoms with Crippen LogP contribution in [0.2, 0.25) is 0 Å². The van der Waals surface area contributed by atoms with Crippen molar-refractivity contribution >= 4 is 5.91 Å². The summed E-state index contributed by atoms with van der Waals surface area (Å²) in [5.41, 5.74) is 1.44. The number of aryl methyl sites for hydroxylation is 1. The Bertz CT molecular complexity index is 476. The summed E-state index contributed by atoms with van der Waals surface area (Å²) in [6.07, 6.45) is 8.27. The Morgan fingerprint density at radius 3 is 2.58 bits per heavy atom. The molecule has 3 rings (SSSR count). The maximum atomic E-state index is 12.3. The van der Waals surface area contributed by atoms with Crippen molar-refractivity contribution in [1.82, 2.24) is 15.3 Å². The van der Waals surface area contributed by atoms with E-state index < -0.39 is 0 Å². The standard InChI is InChI=1S/C15H21N3O/c1-10-9-13(18-14(16-10)11-7-8-11)15(19)17-12-5-3-2-4-6-12/h9,11-12H,2-8H2,1H3,(H,17,19). The summed E-state index contributed by atoms with van der Waals surface area (Å²) >= 11 is 0. The Morgan fingerprint density at radius 1 is 1.16 bits per heavy atom. The molecule has 19 heavy (non-hydrogen) atoms. The zero-order valence-electron chi connectivity index (χ0n) is 11.5. The molecular weight excluding hydrogens is 238 g/mol. The molecule has 4 heteroatoms. The number of nitrogens with zero attached hydrogens (tertiary/aromatic N) is 2. The van der Waals surface area contributed by atoms with Crippen LogP contribution in [0.25, 0.3) is 0 Å². The van der Waals surface area contributed by atoms with Gasteiger partial charge in [0, 0.05) is 17.7 Å². The molecule has 0 bridgehead atoms. The minimum atomic E-state index is -0.0284. The van der Waals surface area contributed by atoms with Crippen molar-refractivity contribution in [3.05, 3.63) is 23.3 Å². The summed E-state index contributed by atoms with van der Waals surface area (Å²) in [5.74, 6) is 1.31. The lowest BCUT2D eigenvalue weighted by atomic mass is 9.95. The van der Waals surface area contributed by atoms with Crippen molar-refractivity contribution in [2.45, 2.75) is 63.8 Å². The van der Waals surface area contributed by atoms with Gasteiger partial charge in [0.2, 0.25) is 0 Å². The van der Waals surface area contributed by atoms with E-state index in [2.05, 4.69) is 15.3 Å². The highest BCUT2D eigenvalue weighted by Gasteiger charge is 2.28. The Labute approximate surface area is 114 Å². The fraction of sp³-hybridized carbons (Fsp3) is 0.667. The van der Waals surface area contributed by atoms with Crippen LogP contribution >= 0.6 is 0 Å². The van der Waals surface area contributed by atoms with Gasteiger partial charge in [-0.2, -0.15) is 0 Å². The van der Waals surface area contributed by atoms with Gasteiger partial charge in [-0.3, -0.25) is 4.79 Å². The smallest absolute Gasteiger partial charge is 0.270 e. The molecule has 1 amide bonds. The molecule has 1 aromatic heterocycles. The zero-order chi connectivity index (χ0) is 13.2. The van der Waals surface area contributed by atoms with E-state index in [0.717, 1.165) is 37.2 Å². The van der Waals surface area contributed by atoms with E-state index in [1.165, 1.54) is 19.3 Å². The Balaban J connectivity index is 1.71. The van der Waals surface area contributed by atoms with Crippen molar-refractivity contribution in [1.29, 1.82) is 0 Å². The van der Waals surface area contributed by atoms with Gasteiger partial charge in [0.1, 0.15) is 11.5 Å². The lowest BCUT2D eigenvalue weighted by Crippen LogP contribution is -2.36. The molecule has 1 aromatic rings. The highest BCUT2D eigenvalue weighted by atomic mass is 16.1. The molecule has 2 fully saturated rings. The number of carbonyl (C=O) groups excluding carboxylic acids is 1. The predicted octanol–water partition coefficient (Wildman–Crippen LogP) is 2.72. The van der Waals surface area contributed by atoms with E-state index in [-0.39, 0.29) is 5.91 Å². The fourth-order valence-electron chi connectivity index (χ4n) is 2.74. The minimum absolute atomic E-state index is 0.0284. The van der Waals surface area contributed by atoms with Gasteiger partial charge in [0.05, 0.1) is 0 Å². The topological polar surface area (TPSA) is 54.9 Å². The van der Waals surface area contributed by atoms with Gasteiger partial charge in [-0.05, 0) is 38.7 Å². The third-order valence-corrected chi connectivity index (χ3v) is 3.99. The monoisotopic (exact) mass is 259 g/mol. The first-order valence-corrected chi connectivity index (χ1v) is 7.39. The molecule has 0 radical (unpaired) electrons. The van der Waals surface area contributed by atoms with Crippen molar-refractivity contribution in [2.24, 2.45) is 0 Å². The van der Waals surface area contributed by atoms with Crippen molar-refractivity contribution < 1.29 is 4.79 Å². The third kappa shape index (κ3) is 3.11. The van der Waals surface area contributed by atoms with E-state index in [1.54, 1.807) is 6.07 Å². The summed E-state index contributed by atoms with van der Waals surface area (Å²) in [5, 5.41) is 3.12. The van der Waals surface area contributed by atoms with Crippen LogP contribution in [0.4, 0.5) is 0 Å². The van der Waals surface area contributed by atoms with E-state index in [0.29, 0.717) is 17.7 Å². The van der Waals surface area contributed by atoms with Gasteiger partial charge in [0.15, 0.2) is 0 Å². The number of carbonyl (C=O) groups is 1. The van der Waals surface area contributed by atoms with E-state index >= 15 is 0 Å². The third-order valence-electron chi connectivity index (χ3n) is 3.99. The number of amides is 1. The van der Waals surface area contributed by atoms with Gasteiger partial charge < -0.3 is 5.32 Å². The highest BCUT2D eigenvalue weighted by molar-refractivity contribution is 5.92. The van der Waals surface area contributed by atoms with Crippen LogP contribution in [0.5, 0.6) is 0 Å². The fourth-order valence-corrected chi connectivity index (χ4v) is 2.74. The molecule has 0 saturated heterocycles. The van der Waals surface area contributed by atoms with Gasteiger partial charge in [-0.1, -0.05) is 19.3 Å². The molecule has 2 aliphatic rings. The van der Waals surface area contributed by atoms with Gasteiger partial charge >= 0.3 is 0 Å². The summed E-state index contributed by atoms with van der Waals surface area (Å²) in [7, 11) is 0. The average molecular weight is 259 g/mol. The van der Waals surface area contributed by atoms with Crippen LogP contribution in [0.3, 0.4) is 0 Å². The predicted molar refractivity (Wildman–Crippen MR) is 73.1 cm³/mol. The number of rotatable bonds is 3. The number of hydrogen-bond acceptors (Lipinski definition) is 3. The van der Waals surface area contributed by atoms with Crippen LogP contribution in [0.1, 0.15) is 72.9 Å². The van der Waals surface area contributed by atoms with Crippen LogP contribution in [0.15, 0.2) is 6.07 Å². The second-order valence-electron chi connectivity index (χ2n) is 5.84. The second-order valence-corrected chi connectivity index (χ2v) is 5.84. The largest absolute Gasteiger partial charge is 0.348 e. The summed E-state index contributed by atoms with van der Waals surface area (Å²) in [6, 6.07) is 2.13. The molecule has 0 unspecified atom stereocenters. The van der Waals surface area contributed by atoms with E-state index in [1.807, 2.05) is 6.92 Å². The quantitative estimate of drug-likeness (QED) is 0.908. The number of nitrogens with one attached hydrogen (secondary N) is 1. The maximum Gasteiger partial charge on any atom is 0.270 e. The van der Waals surface area contributed by atoms with Gasteiger partial charge in [-0.15, -0.1) is 0 Å². The first-order chi connectivity index (χ1) is 9.22. The van der Waals surface area contributed by atoms with E-state index in [9.17, 15) is 4.79 Å². The Kier molecular flexibility index (Phi) is 3.49. The number of aromatic nitrogens is 2. The van der Waals surface area contributed by atoms with Crippen molar-refractivity contribution in [3.63, 3.8) is 0 Å². The highest BCUT2D eigenvalue weighted by Crippen LogP contribution is 2.38. The minimum Gasteiger partial charge on any atom is -0.348 e. The van der Waals surface area contributed by atoms with Crippen LogP contribution in [0, 0.1) is 6.92 Å². The first kappa shape index (κ1) is 12.6. The summed E-state index contributed by atoms with van der Waals surface area (Å²) < 4.78 is 0. The molecule has 2 saturated carbocycles. The van der Waals surface area contributed by atoms with Gasteiger partial charge in [-0.25, -0.2) is 9.97 Å². The SMILES string of the molecule is Cc1cc(C(=O)NC2CCCCC2)nc(C2CC2)n1. The van der Waals surface area contributed by atoms with Crippen molar-refractivity contribution in [3.8, 4) is 0 Å². The molecular formula is C15H21N3O.